The van der Waals surface area contributed by atoms with Crippen LogP contribution >= 0.6 is 0 Å². The van der Waals surface area contributed by atoms with Gasteiger partial charge in [-0.1, -0.05) is 43.7 Å². The van der Waals surface area contributed by atoms with Gasteiger partial charge in [-0.25, -0.2) is 4.79 Å². The fraction of sp³-hybridized carbons (Fsp3) is 0.250. The highest BCUT2D eigenvalue weighted by Crippen LogP contribution is 2.58. The van der Waals surface area contributed by atoms with Gasteiger partial charge in [0.2, 0.25) is 0 Å². The smallest absolute Gasteiger partial charge is 0.340 e. The van der Waals surface area contributed by atoms with E-state index in [1.54, 1.807) is 12.1 Å². The Labute approximate surface area is 168 Å². The molecule has 1 spiro atoms. The Kier molecular flexibility index (Phi) is 4.05. The SMILES string of the molecule is CCCCOc1cccc2c1C1(OC(=O)c3ccccc31)C1=CCC(=O)C=C1O2. The summed E-state index contributed by atoms with van der Waals surface area (Å²) in [6.07, 6.45) is 5.45. The molecule has 0 saturated carbocycles. The van der Waals surface area contributed by atoms with Gasteiger partial charge in [-0.05, 0) is 24.6 Å². The van der Waals surface area contributed by atoms with E-state index in [1.807, 2.05) is 36.4 Å². The lowest BCUT2D eigenvalue weighted by Gasteiger charge is -2.40. The normalized spacial score (nSPS) is 21.4. The van der Waals surface area contributed by atoms with E-state index < -0.39 is 11.6 Å². The van der Waals surface area contributed by atoms with E-state index in [0.717, 1.165) is 18.4 Å². The first-order chi connectivity index (χ1) is 14.1. The molecule has 2 aromatic rings. The maximum Gasteiger partial charge on any atom is 0.340 e. The summed E-state index contributed by atoms with van der Waals surface area (Å²) in [6.45, 7) is 2.66. The highest BCUT2D eigenvalue weighted by atomic mass is 16.6. The van der Waals surface area contributed by atoms with E-state index in [-0.39, 0.29) is 12.2 Å². The van der Waals surface area contributed by atoms with E-state index in [0.29, 0.717) is 40.6 Å². The summed E-state index contributed by atoms with van der Waals surface area (Å²) in [5.41, 5.74) is 1.42. The van der Waals surface area contributed by atoms with Crippen molar-refractivity contribution in [2.45, 2.75) is 31.8 Å². The summed E-state index contributed by atoms with van der Waals surface area (Å²) in [6, 6.07) is 12.9. The monoisotopic (exact) mass is 388 g/mol. The fourth-order valence-corrected chi connectivity index (χ4v) is 4.23. The molecule has 146 valence electrons. The number of unbranched alkanes of at least 4 members (excludes halogenated alkanes) is 1. The lowest BCUT2D eigenvalue weighted by atomic mass is 9.74. The van der Waals surface area contributed by atoms with Crippen LogP contribution in [0.3, 0.4) is 0 Å². The predicted molar refractivity (Wildman–Crippen MR) is 106 cm³/mol. The summed E-state index contributed by atoms with van der Waals surface area (Å²) >= 11 is 0. The third-order valence-corrected chi connectivity index (χ3v) is 5.53. The van der Waals surface area contributed by atoms with Crippen LogP contribution in [0, 0.1) is 0 Å². The van der Waals surface area contributed by atoms with Gasteiger partial charge < -0.3 is 14.2 Å². The van der Waals surface area contributed by atoms with Crippen molar-refractivity contribution in [1.29, 1.82) is 0 Å². The number of esters is 1. The number of benzene rings is 2. The number of carbonyl (C=O) groups is 2. The maximum absolute atomic E-state index is 12.8. The molecule has 2 heterocycles. The molecule has 2 aliphatic heterocycles. The first kappa shape index (κ1) is 17.7. The first-order valence-corrected chi connectivity index (χ1v) is 9.87. The van der Waals surface area contributed by atoms with Crippen LogP contribution in [0.2, 0.25) is 0 Å². The molecule has 0 N–H and O–H groups in total. The minimum atomic E-state index is -1.18. The van der Waals surface area contributed by atoms with Gasteiger partial charge in [0.1, 0.15) is 17.3 Å². The zero-order valence-corrected chi connectivity index (χ0v) is 16.1. The average molecular weight is 388 g/mol. The minimum absolute atomic E-state index is 0.0460. The van der Waals surface area contributed by atoms with Crippen molar-refractivity contribution in [3.05, 3.63) is 82.6 Å². The van der Waals surface area contributed by atoms with Crippen LogP contribution in [0.5, 0.6) is 11.5 Å². The third kappa shape index (κ3) is 2.54. The molecular weight excluding hydrogens is 368 g/mol. The van der Waals surface area contributed by atoms with Crippen LogP contribution in [-0.4, -0.2) is 18.4 Å². The zero-order chi connectivity index (χ0) is 20.0. The molecule has 0 bridgehead atoms. The molecule has 29 heavy (non-hydrogen) atoms. The number of carbonyl (C=O) groups excluding carboxylic acids is 2. The highest BCUT2D eigenvalue weighted by Gasteiger charge is 2.56. The van der Waals surface area contributed by atoms with Crippen molar-refractivity contribution in [3.63, 3.8) is 0 Å². The van der Waals surface area contributed by atoms with Gasteiger partial charge in [-0.3, -0.25) is 4.79 Å². The van der Waals surface area contributed by atoms with Crippen LogP contribution in [0.15, 0.2) is 65.9 Å². The Hall–Kier alpha value is -3.34. The van der Waals surface area contributed by atoms with Crippen molar-refractivity contribution in [2.75, 3.05) is 6.61 Å². The lowest BCUT2D eigenvalue weighted by Crippen LogP contribution is -2.38. The summed E-state index contributed by atoms with van der Waals surface area (Å²) in [4.78, 5) is 24.9. The van der Waals surface area contributed by atoms with Crippen LogP contribution in [-0.2, 0) is 15.1 Å². The molecule has 0 aromatic heterocycles. The standard InChI is InChI=1S/C24H20O5/c1-2-3-13-27-19-9-6-10-20-22(19)24(18-12-11-15(25)14-21(18)28-20)17-8-5-4-7-16(17)23(26)29-24/h4-10,12,14H,2-3,11,13H2,1H3. The van der Waals surface area contributed by atoms with Gasteiger partial charge in [0.25, 0.3) is 0 Å². The van der Waals surface area contributed by atoms with Gasteiger partial charge in [-0.2, -0.15) is 0 Å². The summed E-state index contributed by atoms with van der Waals surface area (Å²) < 4.78 is 18.3. The van der Waals surface area contributed by atoms with Crippen molar-refractivity contribution >= 4 is 11.8 Å². The molecular formula is C24H20O5. The number of hydrogen-bond acceptors (Lipinski definition) is 5. The summed E-state index contributed by atoms with van der Waals surface area (Å²) in [5, 5.41) is 0. The molecule has 0 radical (unpaired) electrons. The maximum atomic E-state index is 12.8. The molecule has 5 rings (SSSR count). The summed E-state index contributed by atoms with van der Waals surface area (Å²) in [7, 11) is 0. The van der Waals surface area contributed by atoms with Crippen LogP contribution in [0.4, 0.5) is 0 Å². The van der Waals surface area contributed by atoms with Gasteiger partial charge in [0, 0.05) is 23.6 Å². The van der Waals surface area contributed by atoms with Gasteiger partial charge in [0.15, 0.2) is 11.4 Å². The van der Waals surface area contributed by atoms with Crippen LogP contribution in [0.1, 0.15) is 47.7 Å². The highest BCUT2D eigenvalue weighted by molar-refractivity contribution is 5.99. The Morgan fingerprint density at radius 2 is 1.97 bits per heavy atom. The lowest BCUT2D eigenvalue weighted by molar-refractivity contribution is -0.114. The van der Waals surface area contributed by atoms with Crippen molar-refractivity contribution in [2.24, 2.45) is 0 Å². The number of fused-ring (bicyclic) bond motifs is 6. The molecule has 0 fully saturated rings. The number of ketones is 1. The van der Waals surface area contributed by atoms with Gasteiger partial charge in [0.05, 0.1) is 17.7 Å². The fourth-order valence-electron chi connectivity index (χ4n) is 4.23. The van der Waals surface area contributed by atoms with Crippen LogP contribution in [0.25, 0.3) is 0 Å². The Bertz CT molecular complexity index is 1090. The number of hydrogen-bond donors (Lipinski definition) is 0. The molecule has 0 amide bonds. The molecule has 1 atom stereocenters. The second-order valence-corrected chi connectivity index (χ2v) is 7.35. The van der Waals surface area contributed by atoms with E-state index in [2.05, 4.69) is 6.92 Å². The van der Waals surface area contributed by atoms with Crippen molar-refractivity contribution in [3.8, 4) is 11.5 Å². The van der Waals surface area contributed by atoms with E-state index in [4.69, 9.17) is 14.2 Å². The first-order valence-electron chi connectivity index (χ1n) is 9.87. The number of ether oxygens (including phenoxy) is 3. The average Bonchev–Trinajstić information content (AvgIpc) is 3.01. The molecule has 5 heteroatoms. The Morgan fingerprint density at radius 1 is 1.10 bits per heavy atom. The van der Waals surface area contributed by atoms with Gasteiger partial charge in [-0.15, -0.1) is 0 Å². The predicted octanol–water partition coefficient (Wildman–Crippen LogP) is 4.46. The number of allylic oxidation sites excluding steroid dienone is 2. The Morgan fingerprint density at radius 3 is 2.83 bits per heavy atom. The minimum Gasteiger partial charge on any atom is -0.493 e. The molecule has 5 nitrogen and oxygen atoms in total. The summed E-state index contributed by atoms with van der Waals surface area (Å²) in [5.74, 6) is 1.13. The molecule has 0 saturated heterocycles. The van der Waals surface area contributed by atoms with Crippen molar-refractivity contribution in [1.82, 2.24) is 0 Å². The second kappa shape index (κ2) is 6.62. The van der Waals surface area contributed by atoms with Crippen molar-refractivity contribution < 1.29 is 23.8 Å². The third-order valence-electron chi connectivity index (χ3n) is 5.53. The van der Waals surface area contributed by atoms with Crippen LogP contribution < -0.4 is 9.47 Å². The van der Waals surface area contributed by atoms with E-state index in [9.17, 15) is 9.59 Å². The largest absolute Gasteiger partial charge is 0.493 e. The van der Waals surface area contributed by atoms with Gasteiger partial charge >= 0.3 is 5.97 Å². The second-order valence-electron chi connectivity index (χ2n) is 7.35. The van der Waals surface area contributed by atoms with E-state index >= 15 is 0 Å². The number of rotatable bonds is 4. The molecule has 1 unspecified atom stereocenters. The van der Waals surface area contributed by atoms with E-state index in [1.165, 1.54) is 6.08 Å². The quantitative estimate of drug-likeness (QED) is 0.572. The molecule has 1 aliphatic carbocycles. The topological polar surface area (TPSA) is 61.8 Å². The molecule has 2 aromatic carbocycles. The molecule has 3 aliphatic rings. The zero-order valence-electron chi connectivity index (χ0n) is 16.1. The Balaban J connectivity index is 1.79.